The number of amides is 1. The van der Waals surface area contributed by atoms with Crippen LogP contribution in [0.4, 0.5) is 5.00 Å². The minimum atomic E-state index is -0.533. The van der Waals surface area contributed by atoms with Crippen molar-refractivity contribution in [2.75, 3.05) is 12.4 Å². The molecule has 0 bridgehead atoms. The molecule has 5 rings (SSSR count). The SMILES string of the molecule is CCc1ccc(-c2cc(C(=O)Nc3scc(-c4cccnc4)c3C(=O)OC)c3cc(Br)ccc3n2)cc1. The first-order chi connectivity index (χ1) is 18.0. The zero-order valence-corrected chi connectivity index (χ0v) is 22.5. The van der Waals surface area contributed by atoms with Crippen LogP contribution in [-0.2, 0) is 11.2 Å². The standard InChI is InChI=1S/C29H22BrN3O3S/c1-3-17-6-8-18(9-7-17)25-14-22(21-13-20(30)10-11-24(21)32-25)27(34)33-28-26(29(35)36-2)23(16-37-28)19-5-4-12-31-15-19/h4-16H,3H2,1-2H3,(H,33,34). The highest BCUT2D eigenvalue weighted by Gasteiger charge is 2.24. The van der Waals surface area contributed by atoms with Crippen LogP contribution < -0.4 is 5.32 Å². The van der Waals surface area contributed by atoms with Crippen LogP contribution in [0.1, 0.15) is 33.2 Å². The molecule has 2 aromatic carbocycles. The molecule has 3 heterocycles. The number of pyridine rings is 2. The van der Waals surface area contributed by atoms with E-state index in [9.17, 15) is 9.59 Å². The van der Waals surface area contributed by atoms with E-state index in [1.165, 1.54) is 24.0 Å². The summed E-state index contributed by atoms with van der Waals surface area (Å²) in [5.41, 5.74) is 5.69. The molecule has 1 amide bonds. The Morgan fingerprint density at radius 2 is 1.86 bits per heavy atom. The predicted octanol–water partition coefficient (Wildman–Crippen LogP) is 7.39. The van der Waals surface area contributed by atoms with E-state index in [1.54, 1.807) is 24.5 Å². The van der Waals surface area contributed by atoms with Gasteiger partial charge in [0.15, 0.2) is 0 Å². The second kappa shape index (κ2) is 10.6. The maximum atomic E-state index is 13.7. The molecule has 0 spiro atoms. The van der Waals surface area contributed by atoms with Gasteiger partial charge in [-0.1, -0.05) is 53.2 Å². The Hall–Kier alpha value is -3.88. The number of hydrogen-bond donors (Lipinski definition) is 1. The van der Waals surface area contributed by atoms with Crippen LogP contribution in [0.15, 0.2) is 82.9 Å². The number of carbonyl (C=O) groups is 2. The van der Waals surface area contributed by atoms with E-state index in [0.717, 1.165) is 22.0 Å². The fourth-order valence-corrected chi connectivity index (χ4v) is 5.42. The average Bonchev–Trinajstić information content (AvgIpc) is 3.36. The van der Waals surface area contributed by atoms with Crippen molar-refractivity contribution >= 4 is 55.0 Å². The Morgan fingerprint density at radius 3 is 2.57 bits per heavy atom. The number of benzene rings is 2. The normalized spacial score (nSPS) is 10.9. The number of halogens is 1. The first kappa shape index (κ1) is 24.8. The van der Waals surface area contributed by atoms with Crippen LogP contribution in [0.3, 0.4) is 0 Å². The average molecular weight is 572 g/mol. The van der Waals surface area contributed by atoms with Crippen molar-refractivity contribution in [3.8, 4) is 22.4 Å². The van der Waals surface area contributed by atoms with Gasteiger partial charge in [-0.3, -0.25) is 9.78 Å². The van der Waals surface area contributed by atoms with Crippen LogP contribution in [-0.4, -0.2) is 29.0 Å². The topological polar surface area (TPSA) is 81.2 Å². The molecule has 0 fully saturated rings. The lowest BCUT2D eigenvalue weighted by Crippen LogP contribution is -2.15. The van der Waals surface area contributed by atoms with E-state index in [4.69, 9.17) is 9.72 Å². The number of fused-ring (bicyclic) bond motifs is 1. The Kier molecular flexibility index (Phi) is 7.12. The van der Waals surface area contributed by atoms with E-state index in [1.807, 2.05) is 41.8 Å². The fraction of sp³-hybridized carbons (Fsp3) is 0.103. The monoisotopic (exact) mass is 571 g/mol. The molecule has 0 aliphatic heterocycles. The van der Waals surface area contributed by atoms with Gasteiger partial charge in [-0.15, -0.1) is 11.3 Å². The Labute approximate surface area is 226 Å². The number of hydrogen-bond acceptors (Lipinski definition) is 6. The van der Waals surface area contributed by atoms with Gasteiger partial charge in [-0.05, 0) is 42.3 Å². The predicted molar refractivity (Wildman–Crippen MR) is 151 cm³/mol. The maximum absolute atomic E-state index is 13.7. The Bertz CT molecular complexity index is 1620. The van der Waals surface area contributed by atoms with Crippen molar-refractivity contribution in [2.24, 2.45) is 0 Å². The number of aryl methyl sites for hydroxylation is 1. The quantitative estimate of drug-likeness (QED) is 0.215. The highest BCUT2D eigenvalue weighted by atomic mass is 79.9. The third-order valence-corrected chi connectivity index (χ3v) is 7.44. The molecule has 0 atom stereocenters. The molecule has 0 aliphatic carbocycles. The van der Waals surface area contributed by atoms with Gasteiger partial charge in [0.05, 0.1) is 23.9 Å². The highest BCUT2D eigenvalue weighted by molar-refractivity contribution is 9.10. The van der Waals surface area contributed by atoms with Gasteiger partial charge in [0, 0.05) is 44.3 Å². The molecule has 8 heteroatoms. The molecule has 0 radical (unpaired) electrons. The summed E-state index contributed by atoms with van der Waals surface area (Å²) >= 11 is 4.77. The number of thiophene rings is 1. The second-order valence-corrected chi connectivity index (χ2v) is 10.1. The summed E-state index contributed by atoms with van der Waals surface area (Å²) < 4.78 is 5.88. The van der Waals surface area contributed by atoms with E-state index in [2.05, 4.69) is 45.3 Å². The summed E-state index contributed by atoms with van der Waals surface area (Å²) in [6, 6.07) is 19.3. The summed E-state index contributed by atoms with van der Waals surface area (Å²) in [5.74, 6) is -0.879. The molecular weight excluding hydrogens is 550 g/mol. The molecule has 5 aromatic rings. The maximum Gasteiger partial charge on any atom is 0.341 e. The van der Waals surface area contributed by atoms with Crippen LogP contribution in [0.5, 0.6) is 0 Å². The van der Waals surface area contributed by atoms with Gasteiger partial charge in [0.1, 0.15) is 10.6 Å². The number of methoxy groups -OCH3 is 1. The third kappa shape index (κ3) is 5.03. The van der Waals surface area contributed by atoms with Crippen molar-refractivity contribution in [1.82, 2.24) is 9.97 Å². The minimum Gasteiger partial charge on any atom is -0.465 e. The van der Waals surface area contributed by atoms with Gasteiger partial charge in [-0.2, -0.15) is 0 Å². The van der Waals surface area contributed by atoms with Gasteiger partial charge in [0.25, 0.3) is 5.91 Å². The molecule has 184 valence electrons. The van der Waals surface area contributed by atoms with Crippen molar-refractivity contribution < 1.29 is 14.3 Å². The zero-order chi connectivity index (χ0) is 25.9. The highest BCUT2D eigenvalue weighted by Crippen LogP contribution is 2.37. The largest absolute Gasteiger partial charge is 0.465 e. The van der Waals surface area contributed by atoms with Crippen molar-refractivity contribution in [1.29, 1.82) is 0 Å². The summed E-state index contributed by atoms with van der Waals surface area (Å²) in [5, 5.41) is 5.88. The van der Waals surface area contributed by atoms with Crippen LogP contribution in [0, 0.1) is 0 Å². The van der Waals surface area contributed by atoms with Crippen LogP contribution in [0.2, 0.25) is 0 Å². The number of anilines is 1. The van der Waals surface area contributed by atoms with Gasteiger partial charge >= 0.3 is 5.97 Å². The van der Waals surface area contributed by atoms with Gasteiger partial charge in [0.2, 0.25) is 0 Å². The number of nitrogens with one attached hydrogen (secondary N) is 1. The third-order valence-electron chi connectivity index (χ3n) is 6.05. The molecular formula is C29H22BrN3O3S. The number of esters is 1. The van der Waals surface area contributed by atoms with Crippen molar-refractivity contribution in [3.63, 3.8) is 0 Å². The zero-order valence-electron chi connectivity index (χ0n) is 20.1. The number of rotatable bonds is 6. The lowest BCUT2D eigenvalue weighted by Gasteiger charge is -2.12. The van der Waals surface area contributed by atoms with Gasteiger partial charge in [-0.25, -0.2) is 9.78 Å². The number of ether oxygens (including phenoxy) is 1. The molecule has 0 saturated carbocycles. The van der Waals surface area contributed by atoms with Crippen LogP contribution in [0.25, 0.3) is 33.3 Å². The molecule has 3 aromatic heterocycles. The second-order valence-electron chi connectivity index (χ2n) is 8.31. The minimum absolute atomic E-state index is 0.295. The number of nitrogens with zero attached hydrogens (tertiary/aromatic N) is 2. The molecule has 1 N–H and O–H groups in total. The molecule has 37 heavy (non-hydrogen) atoms. The summed E-state index contributed by atoms with van der Waals surface area (Å²) in [4.78, 5) is 35.4. The lowest BCUT2D eigenvalue weighted by molar-refractivity contribution is 0.0603. The van der Waals surface area contributed by atoms with Crippen molar-refractivity contribution in [2.45, 2.75) is 13.3 Å². The summed E-state index contributed by atoms with van der Waals surface area (Å²) in [6.45, 7) is 2.11. The van der Waals surface area contributed by atoms with Gasteiger partial charge < -0.3 is 10.1 Å². The van der Waals surface area contributed by atoms with Crippen molar-refractivity contribution in [3.05, 3.63) is 99.6 Å². The molecule has 6 nitrogen and oxygen atoms in total. The fourth-order valence-electron chi connectivity index (χ4n) is 4.10. The number of carbonyl (C=O) groups excluding carboxylic acids is 2. The first-order valence-corrected chi connectivity index (χ1v) is 13.3. The Balaban J connectivity index is 1.59. The summed E-state index contributed by atoms with van der Waals surface area (Å²) in [7, 11) is 1.32. The van der Waals surface area contributed by atoms with Crippen LogP contribution >= 0.6 is 27.3 Å². The summed E-state index contributed by atoms with van der Waals surface area (Å²) in [6.07, 6.45) is 4.28. The van der Waals surface area contributed by atoms with E-state index < -0.39 is 5.97 Å². The van der Waals surface area contributed by atoms with E-state index in [0.29, 0.717) is 38.3 Å². The first-order valence-electron chi connectivity index (χ1n) is 11.6. The van der Waals surface area contributed by atoms with E-state index >= 15 is 0 Å². The smallest absolute Gasteiger partial charge is 0.341 e. The van der Waals surface area contributed by atoms with E-state index in [-0.39, 0.29) is 5.91 Å². The Morgan fingerprint density at radius 1 is 1.05 bits per heavy atom. The number of aromatic nitrogens is 2. The lowest BCUT2D eigenvalue weighted by atomic mass is 10.0. The molecule has 0 unspecified atom stereocenters. The molecule has 0 saturated heterocycles. The molecule has 0 aliphatic rings.